The monoisotopic (exact) mass is 329 g/mol. The molecule has 1 aromatic heterocycles. The zero-order valence-electron chi connectivity index (χ0n) is 14.3. The Kier molecular flexibility index (Phi) is 6.12. The molecule has 0 saturated carbocycles. The van der Waals surface area contributed by atoms with Crippen molar-refractivity contribution >= 4 is 12.2 Å². The van der Waals surface area contributed by atoms with Gasteiger partial charge in [-0.3, -0.25) is 14.3 Å². The van der Waals surface area contributed by atoms with Crippen LogP contribution >= 0.6 is 0 Å². The predicted octanol–water partition coefficient (Wildman–Crippen LogP) is 2.14. The Hall–Kier alpha value is -2.63. The molecule has 1 amide bonds. The summed E-state index contributed by atoms with van der Waals surface area (Å²) in [6.07, 6.45) is 0.712. The van der Waals surface area contributed by atoms with Crippen molar-refractivity contribution in [2.45, 2.75) is 27.3 Å². The summed E-state index contributed by atoms with van der Waals surface area (Å²) in [5.41, 5.74) is 2.54. The van der Waals surface area contributed by atoms with Gasteiger partial charge in [0.25, 0.3) is 5.91 Å². The fraction of sp³-hybridized carbons (Fsp3) is 0.389. The molecule has 0 aliphatic heterocycles. The number of para-hydroxylation sites is 1. The molecule has 0 fully saturated rings. The van der Waals surface area contributed by atoms with Gasteiger partial charge in [-0.2, -0.15) is 5.10 Å². The van der Waals surface area contributed by atoms with E-state index < -0.39 is 0 Å². The minimum Gasteiger partial charge on any atom is -0.483 e. The highest BCUT2D eigenvalue weighted by Gasteiger charge is 2.10. The van der Waals surface area contributed by atoms with E-state index in [2.05, 4.69) is 17.3 Å². The molecule has 6 heteroatoms. The van der Waals surface area contributed by atoms with Crippen LogP contribution in [0.3, 0.4) is 0 Å². The number of carbonyl (C=O) groups excluding carboxylic acids is 2. The van der Waals surface area contributed by atoms with E-state index in [4.69, 9.17) is 4.74 Å². The molecule has 0 radical (unpaired) electrons. The lowest BCUT2D eigenvalue weighted by Gasteiger charge is -2.14. The van der Waals surface area contributed by atoms with Crippen LogP contribution in [-0.2, 0) is 11.3 Å². The van der Waals surface area contributed by atoms with Gasteiger partial charge in [-0.05, 0) is 38.0 Å². The first-order valence-electron chi connectivity index (χ1n) is 7.94. The van der Waals surface area contributed by atoms with E-state index in [-0.39, 0.29) is 18.4 Å². The van der Waals surface area contributed by atoms with E-state index >= 15 is 0 Å². The average molecular weight is 329 g/mol. The number of benzene rings is 1. The van der Waals surface area contributed by atoms with Crippen molar-refractivity contribution in [2.24, 2.45) is 5.92 Å². The standard InChI is InChI=1S/C18H23N3O3/c1-13(10-21-15(3)8-14(2)20-21)9-19-18(23)12-24-17-7-5-4-6-16(17)11-22/h4-8,11,13H,9-10,12H2,1-3H3,(H,19,23)/t13-/m1/s1. The summed E-state index contributed by atoms with van der Waals surface area (Å²) in [7, 11) is 0. The third-order valence-electron chi connectivity index (χ3n) is 3.64. The lowest BCUT2D eigenvalue weighted by atomic mass is 10.2. The highest BCUT2D eigenvalue weighted by molar-refractivity contribution is 5.80. The molecular weight excluding hydrogens is 306 g/mol. The van der Waals surface area contributed by atoms with Crippen molar-refractivity contribution in [3.05, 3.63) is 47.3 Å². The molecule has 24 heavy (non-hydrogen) atoms. The molecule has 1 heterocycles. The van der Waals surface area contributed by atoms with Crippen LogP contribution in [0.2, 0.25) is 0 Å². The van der Waals surface area contributed by atoms with Crippen molar-refractivity contribution in [1.29, 1.82) is 0 Å². The first kappa shape index (κ1) is 17.7. The smallest absolute Gasteiger partial charge is 0.257 e. The van der Waals surface area contributed by atoms with E-state index in [0.29, 0.717) is 24.1 Å². The van der Waals surface area contributed by atoms with Gasteiger partial charge in [0.05, 0.1) is 11.3 Å². The van der Waals surface area contributed by atoms with Crippen LogP contribution in [0.5, 0.6) is 5.75 Å². The van der Waals surface area contributed by atoms with Crippen LogP contribution in [0.1, 0.15) is 28.7 Å². The molecular formula is C18H23N3O3. The van der Waals surface area contributed by atoms with Crippen molar-refractivity contribution in [3.63, 3.8) is 0 Å². The van der Waals surface area contributed by atoms with Crippen molar-refractivity contribution in [2.75, 3.05) is 13.2 Å². The van der Waals surface area contributed by atoms with Gasteiger partial charge in [-0.15, -0.1) is 0 Å². The molecule has 0 saturated heterocycles. The maximum absolute atomic E-state index is 11.9. The molecule has 0 bridgehead atoms. The van der Waals surface area contributed by atoms with Gasteiger partial charge in [0.15, 0.2) is 12.9 Å². The molecule has 1 N–H and O–H groups in total. The maximum atomic E-state index is 11.9. The minimum atomic E-state index is -0.212. The normalized spacial score (nSPS) is 11.8. The number of aromatic nitrogens is 2. The second kappa shape index (κ2) is 8.29. The van der Waals surface area contributed by atoms with Gasteiger partial charge in [0.1, 0.15) is 5.75 Å². The van der Waals surface area contributed by atoms with Crippen LogP contribution in [-0.4, -0.2) is 35.1 Å². The van der Waals surface area contributed by atoms with Crippen molar-refractivity contribution < 1.29 is 14.3 Å². The van der Waals surface area contributed by atoms with Gasteiger partial charge >= 0.3 is 0 Å². The van der Waals surface area contributed by atoms with Gasteiger partial charge < -0.3 is 10.1 Å². The van der Waals surface area contributed by atoms with Crippen molar-refractivity contribution in [3.8, 4) is 5.75 Å². The summed E-state index contributed by atoms with van der Waals surface area (Å²) in [5, 5.41) is 7.26. The number of aryl methyl sites for hydroxylation is 2. The van der Waals surface area contributed by atoms with Gasteiger partial charge in [0.2, 0.25) is 0 Å². The number of ether oxygens (including phenoxy) is 1. The van der Waals surface area contributed by atoms with Crippen LogP contribution in [0.25, 0.3) is 0 Å². The molecule has 2 rings (SSSR count). The Bertz CT molecular complexity index is 709. The number of nitrogens with one attached hydrogen (secondary N) is 1. The van der Waals surface area contributed by atoms with Crippen molar-refractivity contribution in [1.82, 2.24) is 15.1 Å². The summed E-state index contributed by atoms with van der Waals surface area (Å²) in [4.78, 5) is 22.8. The Morgan fingerprint density at radius 1 is 1.38 bits per heavy atom. The quantitative estimate of drug-likeness (QED) is 0.753. The van der Waals surface area contributed by atoms with Crippen LogP contribution in [0, 0.1) is 19.8 Å². The van der Waals surface area contributed by atoms with Gasteiger partial charge in [-0.25, -0.2) is 0 Å². The number of rotatable bonds is 8. The van der Waals surface area contributed by atoms with E-state index in [1.54, 1.807) is 24.3 Å². The summed E-state index contributed by atoms with van der Waals surface area (Å²) < 4.78 is 7.35. The number of carbonyl (C=O) groups is 2. The maximum Gasteiger partial charge on any atom is 0.257 e. The van der Waals surface area contributed by atoms with Gasteiger partial charge in [-0.1, -0.05) is 19.1 Å². The fourth-order valence-electron chi connectivity index (χ4n) is 2.41. The molecule has 6 nitrogen and oxygen atoms in total. The Morgan fingerprint density at radius 3 is 2.79 bits per heavy atom. The third-order valence-corrected chi connectivity index (χ3v) is 3.64. The topological polar surface area (TPSA) is 73.2 Å². The largest absolute Gasteiger partial charge is 0.483 e. The molecule has 2 aromatic rings. The van der Waals surface area contributed by atoms with Crippen LogP contribution in [0.15, 0.2) is 30.3 Å². The molecule has 128 valence electrons. The molecule has 0 spiro atoms. The van der Waals surface area contributed by atoms with Crippen LogP contribution in [0.4, 0.5) is 0 Å². The number of amides is 1. The van der Waals surface area contributed by atoms with E-state index in [9.17, 15) is 9.59 Å². The summed E-state index contributed by atoms with van der Waals surface area (Å²) >= 11 is 0. The zero-order valence-corrected chi connectivity index (χ0v) is 14.3. The number of nitrogens with zero attached hydrogens (tertiary/aromatic N) is 2. The second-order valence-corrected chi connectivity index (χ2v) is 5.96. The summed E-state index contributed by atoms with van der Waals surface area (Å²) in [6.45, 7) is 7.20. The Labute approximate surface area is 141 Å². The Morgan fingerprint density at radius 2 is 2.12 bits per heavy atom. The molecule has 1 aromatic carbocycles. The van der Waals surface area contributed by atoms with Gasteiger partial charge in [0, 0.05) is 18.8 Å². The van der Waals surface area contributed by atoms with Crippen LogP contribution < -0.4 is 10.1 Å². The summed E-state index contributed by atoms with van der Waals surface area (Å²) in [6, 6.07) is 8.86. The lowest BCUT2D eigenvalue weighted by molar-refractivity contribution is -0.123. The first-order chi connectivity index (χ1) is 11.5. The number of hydrogen-bond acceptors (Lipinski definition) is 4. The molecule has 0 unspecified atom stereocenters. The number of hydrogen-bond donors (Lipinski definition) is 1. The highest BCUT2D eigenvalue weighted by Crippen LogP contribution is 2.15. The first-order valence-corrected chi connectivity index (χ1v) is 7.94. The SMILES string of the molecule is Cc1cc(C)n(C[C@H](C)CNC(=O)COc2ccccc2C=O)n1. The molecule has 0 aliphatic carbocycles. The minimum absolute atomic E-state index is 0.114. The summed E-state index contributed by atoms with van der Waals surface area (Å²) in [5.74, 6) is 0.448. The fourth-order valence-corrected chi connectivity index (χ4v) is 2.41. The highest BCUT2D eigenvalue weighted by atomic mass is 16.5. The molecule has 0 aliphatic rings. The molecule has 1 atom stereocenters. The Balaban J connectivity index is 1.76. The van der Waals surface area contributed by atoms with E-state index in [1.165, 1.54) is 0 Å². The average Bonchev–Trinajstić information content (AvgIpc) is 2.88. The number of aldehydes is 1. The lowest BCUT2D eigenvalue weighted by Crippen LogP contribution is -2.33. The predicted molar refractivity (Wildman–Crippen MR) is 91.2 cm³/mol. The zero-order chi connectivity index (χ0) is 17.5. The van der Waals surface area contributed by atoms with E-state index in [0.717, 1.165) is 17.9 Å². The second-order valence-electron chi connectivity index (χ2n) is 5.96. The van der Waals surface area contributed by atoms with E-state index in [1.807, 2.05) is 24.6 Å². The third kappa shape index (κ3) is 4.94.